The Bertz CT molecular complexity index is 313. The topological polar surface area (TPSA) is 55.1 Å². The quantitative estimate of drug-likeness (QED) is 0.615. The van der Waals surface area contributed by atoms with E-state index >= 15 is 0 Å². The second-order valence-electron chi connectivity index (χ2n) is 3.39. The summed E-state index contributed by atoms with van der Waals surface area (Å²) in [4.78, 5) is 10.7. The molecule has 0 aromatic heterocycles. The van der Waals surface area contributed by atoms with Gasteiger partial charge in [0.1, 0.15) is 0 Å². The summed E-state index contributed by atoms with van der Waals surface area (Å²) < 4.78 is 73.1. The lowest BCUT2D eigenvalue weighted by atomic mass is 10.1. The molecule has 0 spiro atoms. The number of rotatable bonds is 4. The molecule has 3 nitrogen and oxygen atoms in total. The molecule has 0 aliphatic rings. The van der Waals surface area contributed by atoms with Gasteiger partial charge in [0.25, 0.3) is 0 Å². The van der Waals surface area contributed by atoms with Crippen LogP contribution in [0.2, 0.25) is 0 Å². The molecule has 0 radical (unpaired) electrons. The number of halogens is 6. The van der Waals surface area contributed by atoms with Gasteiger partial charge in [-0.3, -0.25) is 4.79 Å². The number of nitrogens with two attached hydrogens (primary N) is 1. The van der Waals surface area contributed by atoms with E-state index in [0.717, 1.165) is 0 Å². The van der Waals surface area contributed by atoms with Crippen LogP contribution in [0.1, 0.15) is 13.3 Å². The van der Waals surface area contributed by atoms with Gasteiger partial charge in [-0.15, -0.1) is 0 Å². The third-order valence-corrected chi connectivity index (χ3v) is 2.27. The Hall–Kier alpha value is -1.06. The average molecular weight is 296 g/mol. The summed E-state index contributed by atoms with van der Waals surface area (Å²) in [5, 5.41) is 1.53. The first-order valence-corrected chi connectivity index (χ1v) is 5.05. The molecule has 1 atom stereocenters. The number of hydrogen-bond acceptors (Lipinski definition) is 2. The zero-order chi connectivity index (χ0) is 14.7. The lowest BCUT2D eigenvalue weighted by molar-refractivity contribution is -0.274. The van der Waals surface area contributed by atoms with Crippen molar-refractivity contribution >= 4 is 23.1 Å². The standard InChI is InChI=1S/C8H10F6N2OS/c1-2-3(5(15)18)16-6(17)4(7(9,10)11)8(12,13)14/h3-4H,2H2,1H3,(H2,15,18)(H,16,17). The molecule has 0 rings (SSSR count). The SMILES string of the molecule is CCC(NC(=O)C(C(F)(F)F)C(F)(F)F)C(N)=S. The molecule has 0 heterocycles. The molecule has 18 heavy (non-hydrogen) atoms. The summed E-state index contributed by atoms with van der Waals surface area (Å²) in [6, 6.07) is -1.21. The Balaban J connectivity index is 5.07. The fraction of sp³-hybridized carbons (Fsp3) is 0.750. The largest absolute Gasteiger partial charge is 0.409 e. The van der Waals surface area contributed by atoms with E-state index in [2.05, 4.69) is 12.2 Å². The van der Waals surface area contributed by atoms with Crippen molar-refractivity contribution in [2.24, 2.45) is 11.7 Å². The second-order valence-corrected chi connectivity index (χ2v) is 3.86. The highest BCUT2D eigenvalue weighted by molar-refractivity contribution is 7.80. The van der Waals surface area contributed by atoms with Gasteiger partial charge < -0.3 is 11.1 Å². The van der Waals surface area contributed by atoms with Crippen molar-refractivity contribution in [2.45, 2.75) is 31.7 Å². The molecule has 0 aliphatic carbocycles. The zero-order valence-electron chi connectivity index (χ0n) is 9.02. The van der Waals surface area contributed by atoms with Crippen molar-refractivity contribution in [1.82, 2.24) is 5.32 Å². The molecule has 3 N–H and O–H groups in total. The van der Waals surface area contributed by atoms with E-state index in [-0.39, 0.29) is 11.4 Å². The molecular formula is C8H10F6N2OS. The van der Waals surface area contributed by atoms with Crippen LogP contribution in [0.25, 0.3) is 0 Å². The average Bonchev–Trinajstić information content (AvgIpc) is 2.08. The number of nitrogens with one attached hydrogen (secondary N) is 1. The Labute approximate surface area is 104 Å². The Morgan fingerprint density at radius 1 is 1.22 bits per heavy atom. The molecule has 0 saturated heterocycles. The van der Waals surface area contributed by atoms with Gasteiger partial charge in [0, 0.05) is 0 Å². The van der Waals surface area contributed by atoms with Gasteiger partial charge in [0.2, 0.25) is 11.8 Å². The summed E-state index contributed by atoms with van der Waals surface area (Å²) in [5.74, 6) is -6.30. The van der Waals surface area contributed by atoms with E-state index in [9.17, 15) is 31.1 Å². The van der Waals surface area contributed by atoms with Crippen LogP contribution >= 0.6 is 12.2 Å². The first-order valence-electron chi connectivity index (χ1n) is 4.64. The van der Waals surface area contributed by atoms with Crippen molar-refractivity contribution in [3.63, 3.8) is 0 Å². The Morgan fingerprint density at radius 2 is 1.61 bits per heavy atom. The predicted octanol–water partition coefficient (Wildman–Crippen LogP) is 1.91. The van der Waals surface area contributed by atoms with Gasteiger partial charge in [-0.1, -0.05) is 19.1 Å². The third kappa shape index (κ3) is 4.67. The smallest absolute Gasteiger partial charge is 0.392 e. The van der Waals surface area contributed by atoms with Gasteiger partial charge >= 0.3 is 12.4 Å². The van der Waals surface area contributed by atoms with Crippen LogP contribution in [-0.4, -0.2) is 29.3 Å². The van der Waals surface area contributed by atoms with Crippen LogP contribution < -0.4 is 11.1 Å². The normalized spacial score (nSPS) is 14.4. The molecule has 0 bridgehead atoms. The first kappa shape index (κ1) is 16.9. The monoisotopic (exact) mass is 296 g/mol. The first-order chi connectivity index (χ1) is 7.91. The molecule has 1 unspecified atom stereocenters. The molecule has 0 aromatic rings. The van der Waals surface area contributed by atoms with Crippen molar-refractivity contribution in [1.29, 1.82) is 0 Å². The van der Waals surface area contributed by atoms with Gasteiger partial charge in [0.05, 0.1) is 11.0 Å². The summed E-state index contributed by atoms with van der Waals surface area (Å²) >= 11 is 4.41. The third-order valence-electron chi connectivity index (χ3n) is 1.99. The minimum atomic E-state index is -5.73. The van der Waals surface area contributed by atoms with Crippen molar-refractivity contribution in [3.8, 4) is 0 Å². The molecule has 0 aliphatic heterocycles. The van der Waals surface area contributed by atoms with Crippen LogP contribution in [0, 0.1) is 5.92 Å². The van der Waals surface area contributed by atoms with E-state index in [1.54, 1.807) is 0 Å². The highest BCUT2D eigenvalue weighted by Gasteiger charge is 2.61. The van der Waals surface area contributed by atoms with E-state index < -0.39 is 30.2 Å². The second kappa shape index (κ2) is 5.72. The van der Waals surface area contributed by atoms with Crippen LogP contribution in [0.15, 0.2) is 0 Å². The Morgan fingerprint density at radius 3 is 1.83 bits per heavy atom. The minimum absolute atomic E-state index is 0.0104. The van der Waals surface area contributed by atoms with Crippen LogP contribution in [-0.2, 0) is 4.79 Å². The number of hydrogen-bond donors (Lipinski definition) is 2. The summed E-state index contributed by atoms with van der Waals surface area (Å²) in [5.41, 5.74) is 5.07. The summed E-state index contributed by atoms with van der Waals surface area (Å²) in [6.07, 6.45) is -11.5. The van der Waals surface area contributed by atoms with E-state index in [1.165, 1.54) is 12.2 Å². The fourth-order valence-corrected chi connectivity index (χ4v) is 1.34. The van der Waals surface area contributed by atoms with Gasteiger partial charge in [-0.05, 0) is 6.42 Å². The Kier molecular flexibility index (Phi) is 5.38. The lowest BCUT2D eigenvalue weighted by Crippen LogP contribution is -2.52. The van der Waals surface area contributed by atoms with Gasteiger partial charge in [-0.25, -0.2) is 0 Å². The molecular weight excluding hydrogens is 286 g/mol. The molecule has 1 amide bonds. The van der Waals surface area contributed by atoms with Crippen LogP contribution in [0.5, 0.6) is 0 Å². The minimum Gasteiger partial charge on any atom is -0.392 e. The van der Waals surface area contributed by atoms with Crippen molar-refractivity contribution in [2.75, 3.05) is 0 Å². The fourth-order valence-electron chi connectivity index (χ4n) is 1.11. The number of thiocarbonyl (C=S) groups is 1. The van der Waals surface area contributed by atoms with Crippen molar-refractivity contribution < 1.29 is 31.1 Å². The number of amides is 1. The zero-order valence-corrected chi connectivity index (χ0v) is 9.84. The maximum absolute atomic E-state index is 12.2. The molecule has 0 aromatic carbocycles. The highest BCUT2D eigenvalue weighted by atomic mass is 32.1. The summed E-state index contributed by atoms with van der Waals surface area (Å²) in [6.45, 7) is 1.40. The van der Waals surface area contributed by atoms with Crippen LogP contribution in [0.3, 0.4) is 0 Å². The lowest BCUT2D eigenvalue weighted by Gasteiger charge is -2.24. The predicted molar refractivity (Wildman–Crippen MR) is 54.6 cm³/mol. The number of alkyl halides is 6. The molecule has 0 fully saturated rings. The van der Waals surface area contributed by atoms with Crippen molar-refractivity contribution in [3.05, 3.63) is 0 Å². The maximum Gasteiger partial charge on any atom is 0.409 e. The van der Waals surface area contributed by atoms with Crippen LogP contribution in [0.4, 0.5) is 26.3 Å². The maximum atomic E-state index is 12.2. The number of carbonyl (C=O) groups is 1. The summed E-state index contributed by atoms with van der Waals surface area (Å²) in [7, 11) is 0. The van der Waals surface area contributed by atoms with E-state index in [1.807, 2.05) is 0 Å². The van der Waals surface area contributed by atoms with E-state index in [0.29, 0.717) is 0 Å². The number of carbonyl (C=O) groups excluding carboxylic acids is 1. The highest BCUT2D eigenvalue weighted by Crippen LogP contribution is 2.39. The molecule has 106 valence electrons. The molecule has 10 heteroatoms. The van der Waals surface area contributed by atoms with E-state index in [4.69, 9.17) is 5.73 Å². The molecule has 0 saturated carbocycles. The van der Waals surface area contributed by atoms with Gasteiger partial charge in [0.15, 0.2) is 0 Å². The van der Waals surface area contributed by atoms with Gasteiger partial charge in [-0.2, -0.15) is 26.3 Å².